The van der Waals surface area contributed by atoms with E-state index in [-0.39, 0.29) is 0 Å². The molecule has 1 aromatic heterocycles. The Labute approximate surface area is 119 Å². The van der Waals surface area contributed by atoms with Crippen LogP contribution >= 0.6 is 22.9 Å². The summed E-state index contributed by atoms with van der Waals surface area (Å²) in [5.41, 5.74) is 0. The number of nitrogens with zero attached hydrogens (tertiary/aromatic N) is 1. The van der Waals surface area contributed by atoms with Gasteiger partial charge in [0.25, 0.3) is 0 Å². The van der Waals surface area contributed by atoms with Crippen LogP contribution in [-0.4, -0.2) is 30.6 Å². The second-order valence-corrected chi connectivity index (χ2v) is 7.01. The lowest BCUT2D eigenvalue weighted by atomic mass is 9.96. The number of thiophene rings is 1. The summed E-state index contributed by atoms with van der Waals surface area (Å²) in [5, 5.41) is 3.65. The van der Waals surface area contributed by atoms with Crippen molar-refractivity contribution in [3.63, 3.8) is 0 Å². The lowest BCUT2D eigenvalue weighted by molar-refractivity contribution is 0.132. The van der Waals surface area contributed by atoms with Gasteiger partial charge in [0.05, 0.1) is 4.34 Å². The zero-order chi connectivity index (χ0) is 13.1. The van der Waals surface area contributed by atoms with Gasteiger partial charge >= 0.3 is 0 Å². The van der Waals surface area contributed by atoms with Crippen LogP contribution in [0.2, 0.25) is 4.34 Å². The van der Waals surface area contributed by atoms with Crippen LogP contribution in [0.5, 0.6) is 0 Å². The third-order valence-corrected chi connectivity index (χ3v) is 5.52. The topological polar surface area (TPSA) is 15.3 Å². The molecular weight excluding hydrogens is 264 g/mol. The summed E-state index contributed by atoms with van der Waals surface area (Å²) >= 11 is 7.74. The van der Waals surface area contributed by atoms with E-state index >= 15 is 0 Å². The summed E-state index contributed by atoms with van der Waals surface area (Å²) in [7, 11) is 0. The first-order chi connectivity index (χ1) is 8.61. The van der Waals surface area contributed by atoms with Gasteiger partial charge in [-0.05, 0) is 25.0 Å². The summed E-state index contributed by atoms with van der Waals surface area (Å²) in [5.74, 6) is 0.743. The molecule has 102 valence electrons. The van der Waals surface area contributed by atoms with Crippen molar-refractivity contribution in [3.05, 3.63) is 21.3 Å². The average molecular weight is 287 g/mol. The van der Waals surface area contributed by atoms with Gasteiger partial charge in [0.15, 0.2) is 0 Å². The van der Waals surface area contributed by atoms with Crippen LogP contribution < -0.4 is 5.32 Å². The highest BCUT2D eigenvalue weighted by Gasteiger charge is 2.27. The van der Waals surface area contributed by atoms with Crippen LogP contribution in [0.15, 0.2) is 12.1 Å². The minimum atomic E-state index is 0.483. The summed E-state index contributed by atoms with van der Waals surface area (Å²) in [6.07, 6.45) is 1.24. The van der Waals surface area contributed by atoms with E-state index in [1.807, 2.05) is 6.07 Å². The van der Waals surface area contributed by atoms with E-state index in [0.29, 0.717) is 12.1 Å². The standard InChI is InChI=1S/C14H23ClN2S/c1-4-10(2)12-9-17(8-7-16-12)11(3)13-5-6-14(15)18-13/h5-6,10-12,16H,4,7-9H2,1-3H3. The van der Waals surface area contributed by atoms with E-state index in [1.54, 1.807) is 11.3 Å². The van der Waals surface area contributed by atoms with Gasteiger partial charge in [-0.15, -0.1) is 11.3 Å². The molecular formula is C14H23ClN2S. The van der Waals surface area contributed by atoms with Crippen LogP contribution in [0.3, 0.4) is 0 Å². The molecule has 18 heavy (non-hydrogen) atoms. The van der Waals surface area contributed by atoms with E-state index in [1.165, 1.54) is 11.3 Å². The van der Waals surface area contributed by atoms with Crippen molar-refractivity contribution in [1.29, 1.82) is 0 Å². The molecule has 2 heterocycles. The molecule has 0 radical (unpaired) electrons. The highest BCUT2D eigenvalue weighted by molar-refractivity contribution is 7.16. The van der Waals surface area contributed by atoms with E-state index in [4.69, 9.17) is 11.6 Å². The Kier molecular flexibility index (Phi) is 5.07. The van der Waals surface area contributed by atoms with Crippen LogP contribution in [0.25, 0.3) is 0 Å². The average Bonchev–Trinajstić information content (AvgIpc) is 2.83. The summed E-state index contributed by atoms with van der Waals surface area (Å²) < 4.78 is 0.894. The molecule has 1 aliphatic heterocycles. The number of rotatable bonds is 4. The lowest BCUT2D eigenvalue weighted by Crippen LogP contribution is -2.53. The first-order valence-corrected chi connectivity index (χ1v) is 8.04. The smallest absolute Gasteiger partial charge is 0.0931 e. The Morgan fingerprint density at radius 1 is 1.50 bits per heavy atom. The van der Waals surface area contributed by atoms with Crippen molar-refractivity contribution >= 4 is 22.9 Å². The van der Waals surface area contributed by atoms with Gasteiger partial charge in [-0.1, -0.05) is 31.9 Å². The molecule has 1 N–H and O–H groups in total. The predicted octanol–water partition coefficient (Wildman–Crippen LogP) is 3.78. The summed E-state index contributed by atoms with van der Waals surface area (Å²) in [6.45, 7) is 10.3. The fraction of sp³-hybridized carbons (Fsp3) is 0.714. The van der Waals surface area contributed by atoms with Crippen molar-refractivity contribution in [1.82, 2.24) is 10.2 Å². The maximum absolute atomic E-state index is 6.03. The maximum atomic E-state index is 6.03. The van der Waals surface area contributed by atoms with Gasteiger partial charge in [-0.3, -0.25) is 4.90 Å². The highest BCUT2D eigenvalue weighted by atomic mass is 35.5. The predicted molar refractivity (Wildman–Crippen MR) is 80.6 cm³/mol. The number of halogens is 1. The van der Waals surface area contributed by atoms with Gasteiger partial charge in [-0.2, -0.15) is 0 Å². The molecule has 0 saturated carbocycles. The third-order valence-electron chi connectivity index (χ3n) is 4.12. The molecule has 1 aromatic rings. The quantitative estimate of drug-likeness (QED) is 0.906. The molecule has 3 atom stereocenters. The molecule has 0 spiro atoms. The molecule has 1 aliphatic rings. The Morgan fingerprint density at radius 3 is 2.89 bits per heavy atom. The molecule has 0 bridgehead atoms. The Morgan fingerprint density at radius 2 is 2.28 bits per heavy atom. The first-order valence-electron chi connectivity index (χ1n) is 6.84. The third kappa shape index (κ3) is 3.27. The van der Waals surface area contributed by atoms with Crippen molar-refractivity contribution in [3.8, 4) is 0 Å². The monoisotopic (exact) mass is 286 g/mol. The molecule has 1 fully saturated rings. The number of hydrogen-bond donors (Lipinski definition) is 1. The zero-order valence-corrected chi connectivity index (χ0v) is 13.0. The molecule has 2 nitrogen and oxygen atoms in total. The second kappa shape index (κ2) is 6.38. The maximum Gasteiger partial charge on any atom is 0.0931 e. The van der Waals surface area contributed by atoms with Crippen LogP contribution in [0.4, 0.5) is 0 Å². The highest BCUT2D eigenvalue weighted by Crippen LogP contribution is 2.31. The number of nitrogens with one attached hydrogen (secondary N) is 1. The van der Waals surface area contributed by atoms with Crippen molar-refractivity contribution in [2.24, 2.45) is 5.92 Å². The van der Waals surface area contributed by atoms with Crippen molar-refractivity contribution in [2.45, 2.75) is 39.3 Å². The molecule has 3 unspecified atom stereocenters. The Bertz CT molecular complexity index is 380. The van der Waals surface area contributed by atoms with Crippen molar-refractivity contribution < 1.29 is 0 Å². The molecule has 0 aliphatic carbocycles. The Hall–Kier alpha value is -0.0900. The fourth-order valence-electron chi connectivity index (χ4n) is 2.55. The molecule has 0 amide bonds. The molecule has 4 heteroatoms. The van der Waals surface area contributed by atoms with Gasteiger partial charge in [0.1, 0.15) is 0 Å². The van der Waals surface area contributed by atoms with Gasteiger partial charge < -0.3 is 5.32 Å². The SMILES string of the molecule is CCC(C)C1CN(C(C)c2ccc(Cl)s2)CCN1. The second-order valence-electron chi connectivity index (χ2n) is 5.26. The van der Waals surface area contributed by atoms with E-state index in [9.17, 15) is 0 Å². The Balaban J connectivity index is 2.00. The lowest BCUT2D eigenvalue weighted by Gasteiger charge is -2.39. The van der Waals surface area contributed by atoms with Crippen LogP contribution in [-0.2, 0) is 0 Å². The summed E-state index contributed by atoms with van der Waals surface area (Å²) in [6, 6.07) is 5.28. The molecule has 1 saturated heterocycles. The number of piperazine rings is 1. The van der Waals surface area contributed by atoms with E-state index < -0.39 is 0 Å². The number of hydrogen-bond acceptors (Lipinski definition) is 3. The summed E-state index contributed by atoms with van der Waals surface area (Å²) in [4.78, 5) is 3.96. The normalized spacial score (nSPS) is 25.0. The first kappa shape index (κ1) is 14.3. The van der Waals surface area contributed by atoms with Gasteiger partial charge in [0, 0.05) is 36.6 Å². The van der Waals surface area contributed by atoms with Crippen LogP contribution in [0, 0.1) is 5.92 Å². The van der Waals surface area contributed by atoms with Crippen molar-refractivity contribution in [2.75, 3.05) is 19.6 Å². The largest absolute Gasteiger partial charge is 0.311 e. The van der Waals surface area contributed by atoms with Gasteiger partial charge in [0.2, 0.25) is 0 Å². The fourth-order valence-corrected chi connectivity index (χ4v) is 3.70. The molecule has 2 rings (SSSR count). The van der Waals surface area contributed by atoms with E-state index in [2.05, 4.69) is 37.1 Å². The van der Waals surface area contributed by atoms with E-state index in [0.717, 1.165) is 29.9 Å². The van der Waals surface area contributed by atoms with Crippen LogP contribution in [0.1, 0.15) is 38.1 Å². The van der Waals surface area contributed by atoms with Gasteiger partial charge in [-0.25, -0.2) is 0 Å². The minimum absolute atomic E-state index is 0.483. The minimum Gasteiger partial charge on any atom is -0.311 e. The molecule has 0 aromatic carbocycles. The zero-order valence-electron chi connectivity index (χ0n) is 11.4.